The number of amides is 1. The fraction of sp³-hybridized carbons (Fsp3) is 0.222. The summed E-state index contributed by atoms with van der Waals surface area (Å²) in [5.41, 5.74) is 5.65. The second-order valence-electron chi connectivity index (χ2n) is 10.3. The first-order valence-electron chi connectivity index (χ1n) is 14.3. The third-order valence-corrected chi connectivity index (χ3v) is 7.35. The van der Waals surface area contributed by atoms with Gasteiger partial charge < -0.3 is 18.9 Å². The van der Waals surface area contributed by atoms with Crippen molar-refractivity contribution < 1.29 is 19.1 Å². The van der Waals surface area contributed by atoms with Crippen molar-refractivity contribution in [3.63, 3.8) is 0 Å². The molecule has 0 aliphatic rings. The maximum absolute atomic E-state index is 13.5. The van der Waals surface area contributed by atoms with Crippen molar-refractivity contribution in [2.75, 3.05) is 20.2 Å². The minimum atomic E-state index is -0.341. The van der Waals surface area contributed by atoms with Crippen LogP contribution in [-0.2, 0) is 35.5 Å². The van der Waals surface area contributed by atoms with E-state index in [1.54, 1.807) is 17.9 Å². The molecule has 0 saturated heterocycles. The summed E-state index contributed by atoms with van der Waals surface area (Å²) < 4.78 is 13.6. The Morgan fingerprint density at radius 3 is 2.21 bits per heavy atom. The molecule has 0 spiro atoms. The lowest BCUT2D eigenvalue weighted by Gasteiger charge is -2.19. The first-order valence-corrected chi connectivity index (χ1v) is 14.3. The highest BCUT2D eigenvalue weighted by atomic mass is 16.5. The monoisotopic (exact) mass is 560 g/mol. The van der Waals surface area contributed by atoms with E-state index < -0.39 is 0 Å². The van der Waals surface area contributed by atoms with Crippen LogP contribution >= 0.6 is 0 Å². The Bertz CT molecular complexity index is 1640. The van der Waals surface area contributed by atoms with E-state index in [4.69, 9.17) is 9.47 Å². The van der Waals surface area contributed by atoms with E-state index in [2.05, 4.69) is 22.8 Å². The number of fused-ring (bicyclic) bond motifs is 1. The van der Waals surface area contributed by atoms with Crippen LogP contribution in [0.25, 0.3) is 10.9 Å². The number of carbonyl (C=O) groups is 2. The van der Waals surface area contributed by atoms with E-state index in [9.17, 15) is 9.59 Å². The van der Waals surface area contributed by atoms with Crippen LogP contribution in [0.5, 0.6) is 5.75 Å². The molecule has 1 heterocycles. The summed E-state index contributed by atoms with van der Waals surface area (Å²) in [6.07, 6.45) is 1.33. The molecule has 0 aliphatic heterocycles. The smallest absolute Gasteiger partial charge is 0.338 e. The van der Waals surface area contributed by atoms with Gasteiger partial charge in [0, 0.05) is 31.1 Å². The van der Waals surface area contributed by atoms with Gasteiger partial charge in [-0.2, -0.15) is 0 Å². The third-order valence-electron chi connectivity index (χ3n) is 7.35. The molecule has 42 heavy (non-hydrogen) atoms. The van der Waals surface area contributed by atoms with Crippen LogP contribution in [0, 0.1) is 0 Å². The normalized spacial score (nSPS) is 10.9. The van der Waals surface area contributed by atoms with Gasteiger partial charge in [-0.25, -0.2) is 4.79 Å². The van der Waals surface area contributed by atoms with Crippen molar-refractivity contribution in [2.45, 2.75) is 32.9 Å². The zero-order chi connectivity index (χ0) is 29.3. The fourth-order valence-electron chi connectivity index (χ4n) is 5.06. The lowest BCUT2D eigenvalue weighted by molar-refractivity contribution is -0.130. The van der Waals surface area contributed by atoms with Crippen LogP contribution in [0.1, 0.15) is 39.7 Å². The molecule has 6 heteroatoms. The summed E-state index contributed by atoms with van der Waals surface area (Å²) in [4.78, 5) is 27.7. The molecule has 0 fully saturated rings. The molecule has 0 saturated carbocycles. The van der Waals surface area contributed by atoms with Crippen molar-refractivity contribution in [2.24, 2.45) is 0 Å². The number of hydrogen-bond donors (Lipinski definition) is 0. The maximum Gasteiger partial charge on any atom is 0.338 e. The van der Waals surface area contributed by atoms with Crippen molar-refractivity contribution >= 4 is 22.8 Å². The molecule has 5 aromatic rings. The number of benzene rings is 4. The summed E-state index contributed by atoms with van der Waals surface area (Å²) in [6.45, 7) is 3.39. The quantitative estimate of drug-likeness (QED) is 0.160. The molecular formula is C36H36N2O4. The highest BCUT2D eigenvalue weighted by Crippen LogP contribution is 2.31. The first kappa shape index (κ1) is 28.7. The van der Waals surface area contributed by atoms with Crippen LogP contribution in [0.2, 0.25) is 0 Å². The van der Waals surface area contributed by atoms with E-state index in [1.807, 2.05) is 92.0 Å². The van der Waals surface area contributed by atoms with Crippen LogP contribution in [-0.4, -0.2) is 41.5 Å². The van der Waals surface area contributed by atoms with E-state index >= 15 is 0 Å². The maximum atomic E-state index is 13.5. The Morgan fingerprint density at radius 1 is 0.786 bits per heavy atom. The Morgan fingerprint density at radius 2 is 1.48 bits per heavy atom. The molecule has 1 amide bonds. The number of hydrogen-bond acceptors (Lipinski definition) is 4. The van der Waals surface area contributed by atoms with Crippen molar-refractivity contribution in [3.05, 3.63) is 137 Å². The number of ether oxygens (including phenoxy) is 2. The number of aromatic nitrogens is 1. The predicted octanol–water partition coefficient (Wildman–Crippen LogP) is 6.69. The van der Waals surface area contributed by atoms with E-state index in [-0.39, 0.29) is 18.4 Å². The Kier molecular flexibility index (Phi) is 9.34. The first-order chi connectivity index (χ1) is 20.5. The largest absolute Gasteiger partial charge is 0.488 e. The molecule has 5 rings (SSSR count). The van der Waals surface area contributed by atoms with Crippen molar-refractivity contribution in [1.82, 2.24) is 9.47 Å². The molecule has 0 radical (unpaired) electrons. The summed E-state index contributed by atoms with van der Waals surface area (Å²) in [7, 11) is 1.86. The van der Waals surface area contributed by atoms with Crippen LogP contribution in [0.3, 0.4) is 0 Å². The second-order valence-corrected chi connectivity index (χ2v) is 10.3. The number of rotatable bonds is 12. The Hall–Kier alpha value is -4.84. The second kappa shape index (κ2) is 13.7. The van der Waals surface area contributed by atoms with Gasteiger partial charge >= 0.3 is 5.97 Å². The van der Waals surface area contributed by atoms with Crippen LogP contribution < -0.4 is 4.74 Å². The van der Waals surface area contributed by atoms with Crippen molar-refractivity contribution in [3.8, 4) is 5.75 Å². The van der Waals surface area contributed by atoms with Gasteiger partial charge in [-0.05, 0) is 60.4 Å². The van der Waals surface area contributed by atoms with Gasteiger partial charge in [0.25, 0.3) is 0 Å². The van der Waals surface area contributed by atoms with E-state index in [0.29, 0.717) is 31.7 Å². The summed E-state index contributed by atoms with van der Waals surface area (Å²) in [6, 6.07) is 35.8. The predicted molar refractivity (Wildman–Crippen MR) is 166 cm³/mol. The minimum absolute atomic E-state index is 0.0283. The molecule has 0 unspecified atom stereocenters. The third kappa shape index (κ3) is 7.07. The van der Waals surface area contributed by atoms with E-state index in [0.717, 1.165) is 39.9 Å². The van der Waals surface area contributed by atoms with Gasteiger partial charge in [0.15, 0.2) is 0 Å². The lowest BCUT2D eigenvalue weighted by Crippen LogP contribution is -2.32. The SMILES string of the molecule is CCOC(=O)c1cccc(Cc2cc3c(OCc4ccccc4)cccc3n2CC(=O)N(C)CCc2ccccc2)c1. The summed E-state index contributed by atoms with van der Waals surface area (Å²) in [5, 5.41) is 0.949. The average Bonchev–Trinajstić information content (AvgIpc) is 3.37. The minimum Gasteiger partial charge on any atom is -0.488 e. The average molecular weight is 561 g/mol. The zero-order valence-electron chi connectivity index (χ0n) is 24.2. The Labute approximate surface area is 247 Å². The number of nitrogens with zero attached hydrogens (tertiary/aromatic N) is 2. The van der Waals surface area contributed by atoms with Gasteiger partial charge in [0.2, 0.25) is 5.91 Å². The fourth-order valence-corrected chi connectivity index (χ4v) is 5.06. The highest BCUT2D eigenvalue weighted by Gasteiger charge is 2.18. The van der Waals surface area contributed by atoms with Gasteiger partial charge in [-0.3, -0.25) is 4.79 Å². The molecule has 0 atom stereocenters. The van der Waals surface area contributed by atoms with Gasteiger partial charge in [-0.15, -0.1) is 0 Å². The molecule has 214 valence electrons. The summed E-state index contributed by atoms with van der Waals surface area (Å²) >= 11 is 0. The molecular weight excluding hydrogens is 524 g/mol. The summed E-state index contributed by atoms with van der Waals surface area (Å²) in [5.74, 6) is 0.453. The molecule has 4 aromatic carbocycles. The number of carbonyl (C=O) groups excluding carboxylic acids is 2. The topological polar surface area (TPSA) is 60.8 Å². The molecule has 0 aliphatic carbocycles. The number of likely N-dealkylation sites (N-methyl/N-ethyl adjacent to an activating group) is 1. The molecule has 6 nitrogen and oxygen atoms in total. The molecule has 1 aromatic heterocycles. The zero-order valence-corrected chi connectivity index (χ0v) is 24.2. The van der Waals surface area contributed by atoms with Crippen molar-refractivity contribution in [1.29, 1.82) is 0 Å². The van der Waals surface area contributed by atoms with Crippen LogP contribution in [0.4, 0.5) is 0 Å². The van der Waals surface area contributed by atoms with Gasteiger partial charge in [0.1, 0.15) is 18.9 Å². The van der Waals surface area contributed by atoms with E-state index in [1.165, 1.54) is 5.56 Å². The van der Waals surface area contributed by atoms with Gasteiger partial charge in [-0.1, -0.05) is 78.9 Å². The highest BCUT2D eigenvalue weighted by molar-refractivity contribution is 5.90. The Balaban J connectivity index is 1.43. The number of esters is 1. The molecule has 0 N–H and O–H groups in total. The van der Waals surface area contributed by atoms with Crippen LogP contribution in [0.15, 0.2) is 109 Å². The van der Waals surface area contributed by atoms with Gasteiger partial charge in [0.05, 0.1) is 17.7 Å². The standard InChI is InChI=1S/C36H36N2O4/c1-3-41-36(40)30-17-10-16-29(22-30)23-31-24-32-33(18-11-19-34(32)42-26-28-14-8-5-9-15-28)38(31)25-35(39)37(2)21-20-27-12-6-4-7-13-27/h4-19,22,24H,3,20-21,23,25-26H2,1-2H3. The molecule has 0 bridgehead atoms. The lowest BCUT2D eigenvalue weighted by atomic mass is 10.1.